The van der Waals surface area contributed by atoms with E-state index in [1.807, 2.05) is 0 Å². The van der Waals surface area contributed by atoms with Crippen LogP contribution in [0.3, 0.4) is 0 Å². The highest BCUT2D eigenvalue weighted by atomic mass is 16.5. The molecule has 2 aromatic carbocycles. The Morgan fingerprint density at radius 3 is 2.25 bits per heavy atom. The first-order valence-corrected chi connectivity index (χ1v) is 8.65. The largest absolute Gasteiger partial charge is 0.497 e. The molecule has 1 unspecified atom stereocenters. The molecule has 2 N–H and O–H groups in total. The predicted octanol–water partition coefficient (Wildman–Crippen LogP) is 3.14. The average Bonchev–Trinajstić information content (AvgIpc) is 2.66. The fraction of sp³-hybridized carbons (Fsp3) is 0.333. The smallest absolute Gasteiger partial charge is 0.306 e. The van der Waals surface area contributed by atoms with Crippen molar-refractivity contribution in [2.75, 3.05) is 21.3 Å². The van der Waals surface area contributed by atoms with Crippen LogP contribution in [-0.2, 0) is 10.3 Å². The maximum Gasteiger partial charge on any atom is 0.306 e. The highest BCUT2D eigenvalue weighted by Crippen LogP contribution is 2.32. The molecule has 0 spiro atoms. The zero-order valence-electron chi connectivity index (χ0n) is 16.7. The summed E-state index contributed by atoms with van der Waals surface area (Å²) in [4.78, 5) is 24.5. The van der Waals surface area contributed by atoms with Gasteiger partial charge in [-0.05, 0) is 49.2 Å². The molecule has 0 heterocycles. The summed E-state index contributed by atoms with van der Waals surface area (Å²) in [6.45, 7) is 3.45. The van der Waals surface area contributed by atoms with E-state index in [-0.39, 0.29) is 6.42 Å². The number of carbonyl (C=O) groups is 2. The summed E-state index contributed by atoms with van der Waals surface area (Å²) in [5.74, 6) is 0.0579. The lowest BCUT2D eigenvalue weighted by molar-refractivity contribution is -0.138. The van der Waals surface area contributed by atoms with Crippen LogP contribution in [0.4, 0.5) is 0 Å². The number of amides is 1. The van der Waals surface area contributed by atoms with E-state index in [9.17, 15) is 14.7 Å². The number of aryl methyl sites for hydroxylation is 1. The first-order chi connectivity index (χ1) is 13.2. The Morgan fingerprint density at radius 1 is 1.04 bits per heavy atom. The normalized spacial score (nSPS) is 12.6. The van der Waals surface area contributed by atoms with Gasteiger partial charge < -0.3 is 24.6 Å². The third kappa shape index (κ3) is 4.54. The summed E-state index contributed by atoms with van der Waals surface area (Å²) in [6, 6.07) is 10.3. The Labute approximate surface area is 164 Å². The van der Waals surface area contributed by atoms with E-state index in [4.69, 9.17) is 14.2 Å². The SMILES string of the molecule is COc1cccc(C(C)(CC(=O)O)NC(=O)c2cc(OC)c(OC)cc2C)c1. The van der Waals surface area contributed by atoms with Crippen LogP contribution in [0.2, 0.25) is 0 Å². The number of carbonyl (C=O) groups excluding carboxylic acids is 1. The Balaban J connectivity index is 2.44. The van der Waals surface area contributed by atoms with Crippen molar-refractivity contribution in [2.24, 2.45) is 0 Å². The third-order valence-electron chi connectivity index (χ3n) is 4.58. The lowest BCUT2D eigenvalue weighted by Gasteiger charge is -2.30. The van der Waals surface area contributed by atoms with Crippen molar-refractivity contribution in [1.29, 1.82) is 0 Å². The van der Waals surface area contributed by atoms with Gasteiger partial charge in [0, 0.05) is 5.56 Å². The molecule has 2 aromatic rings. The quantitative estimate of drug-likeness (QED) is 0.723. The van der Waals surface area contributed by atoms with Gasteiger partial charge in [-0.15, -0.1) is 0 Å². The number of methoxy groups -OCH3 is 3. The van der Waals surface area contributed by atoms with E-state index < -0.39 is 17.4 Å². The van der Waals surface area contributed by atoms with Crippen molar-refractivity contribution in [3.05, 3.63) is 53.1 Å². The van der Waals surface area contributed by atoms with Gasteiger partial charge in [-0.25, -0.2) is 0 Å². The number of carboxylic acids is 1. The monoisotopic (exact) mass is 387 g/mol. The van der Waals surface area contributed by atoms with Gasteiger partial charge in [0.2, 0.25) is 0 Å². The number of hydrogen-bond donors (Lipinski definition) is 2. The van der Waals surface area contributed by atoms with E-state index in [1.165, 1.54) is 21.3 Å². The van der Waals surface area contributed by atoms with E-state index in [2.05, 4.69) is 5.32 Å². The number of hydrogen-bond acceptors (Lipinski definition) is 5. The van der Waals surface area contributed by atoms with Crippen LogP contribution >= 0.6 is 0 Å². The Morgan fingerprint density at radius 2 is 1.68 bits per heavy atom. The van der Waals surface area contributed by atoms with Gasteiger partial charge in [0.15, 0.2) is 11.5 Å². The van der Waals surface area contributed by atoms with Crippen LogP contribution in [-0.4, -0.2) is 38.3 Å². The number of nitrogens with one attached hydrogen (secondary N) is 1. The summed E-state index contributed by atoms with van der Waals surface area (Å²) < 4.78 is 15.8. The Hall–Kier alpha value is -3.22. The molecule has 150 valence electrons. The van der Waals surface area contributed by atoms with Crippen molar-refractivity contribution in [3.8, 4) is 17.2 Å². The summed E-state index contributed by atoms with van der Waals surface area (Å²) in [7, 11) is 4.53. The second kappa shape index (κ2) is 8.65. The minimum Gasteiger partial charge on any atom is -0.497 e. The van der Waals surface area contributed by atoms with Crippen molar-refractivity contribution < 1.29 is 28.9 Å². The molecule has 1 amide bonds. The molecule has 0 saturated carbocycles. The second-order valence-corrected chi connectivity index (χ2v) is 6.61. The molecule has 7 nitrogen and oxygen atoms in total. The maximum atomic E-state index is 13.0. The predicted molar refractivity (Wildman–Crippen MR) is 104 cm³/mol. The minimum absolute atomic E-state index is 0.293. The van der Waals surface area contributed by atoms with Gasteiger partial charge in [0.1, 0.15) is 5.75 Å². The number of rotatable bonds is 8. The van der Waals surface area contributed by atoms with Crippen LogP contribution in [0.15, 0.2) is 36.4 Å². The van der Waals surface area contributed by atoms with Crippen molar-refractivity contribution >= 4 is 11.9 Å². The van der Waals surface area contributed by atoms with Crippen LogP contribution < -0.4 is 19.5 Å². The Bertz CT molecular complexity index is 879. The zero-order chi connectivity index (χ0) is 20.9. The second-order valence-electron chi connectivity index (χ2n) is 6.61. The van der Waals surface area contributed by atoms with Gasteiger partial charge in [0.05, 0.1) is 33.3 Å². The van der Waals surface area contributed by atoms with Gasteiger partial charge in [-0.3, -0.25) is 9.59 Å². The van der Waals surface area contributed by atoms with Crippen LogP contribution in [0.5, 0.6) is 17.2 Å². The maximum absolute atomic E-state index is 13.0. The molecular formula is C21H25NO6. The van der Waals surface area contributed by atoms with Crippen molar-refractivity contribution in [3.63, 3.8) is 0 Å². The van der Waals surface area contributed by atoms with E-state index >= 15 is 0 Å². The summed E-state index contributed by atoms with van der Waals surface area (Å²) in [5.41, 5.74) is 0.535. The number of ether oxygens (including phenoxy) is 3. The minimum atomic E-state index is -1.14. The molecule has 0 aliphatic carbocycles. The van der Waals surface area contributed by atoms with E-state index in [1.54, 1.807) is 50.2 Å². The molecule has 2 rings (SSSR count). The molecule has 7 heteroatoms. The highest BCUT2D eigenvalue weighted by molar-refractivity contribution is 5.97. The molecule has 0 bridgehead atoms. The van der Waals surface area contributed by atoms with Crippen LogP contribution in [0.1, 0.15) is 34.8 Å². The number of aliphatic carboxylic acids is 1. The van der Waals surface area contributed by atoms with Gasteiger partial charge in [-0.1, -0.05) is 12.1 Å². The lowest BCUT2D eigenvalue weighted by Crippen LogP contribution is -2.45. The van der Waals surface area contributed by atoms with Crippen molar-refractivity contribution in [2.45, 2.75) is 25.8 Å². The highest BCUT2D eigenvalue weighted by Gasteiger charge is 2.33. The first kappa shape index (κ1) is 21.1. The molecule has 0 radical (unpaired) electrons. The van der Waals surface area contributed by atoms with Crippen molar-refractivity contribution in [1.82, 2.24) is 5.32 Å². The molecule has 0 aliphatic rings. The standard InChI is InChI=1S/C21H25NO6/c1-13-9-17(27-4)18(28-5)11-16(13)20(25)22-21(2,12-19(23)24)14-7-6-8-15(10-14)26-3/h6-11H,12H2,1-5H3,(H,22,25)(H,23,24). The van der Waals surface area contributed by atoms with Gasteiger partial charge in [-0.2, -0.15) is 0 Å². The summed E-state index contributed by atoms with van der Waals surface area (Å²) >= 11 is 0. The van der Waals surface area contributed by atoms with E-state index in [0.29, 0.717) is 33.9 Å². The molecular weight excluding hydrogens is 362 g/mol. The fourth-order valence-electron chi connectivity index (χ4n) is 3.03. The first-order valence-electron chi connectivity index (χ1n) is 8.65. The molecule has 1 atom stereocenters. The topological polar surface area (TPSA) is 94.1 Å². The van der Waals surface area contributed by atoms with Gasteiger partial charge in [0.25, 0.3) is 5.91 Å². The summed E-state index contributed by atoms with van der Waals surface area (Å²) in [5, 5.41) is 12.3. The number of carboxylic acid groups (broad SMARTS) is 1. The van der Waals surface area contributed by atoms with Crippen LogP contribution in [0, 0.1) is 6.92 Å². The molecule has 0 aliphatic heterocycles. The Kier molecular flexibility index (Phi) is 6.51. The van der Waals surface area contributed by atoms with Crippen LogP contribution in [0.25, 0.3) is 0 Å². The molecule has 0 aromatic heterocycles. The zero-order valence-corrected chi connectivity index (χ0v) is 16.7. The molecule has 28 heavy (non-hydrogen) atoms. The van der Waals surface area contributed by atoms with E-state index in [0.717, 1.165) is 0 Å². The lowest BCUT2D eigenvalue weighted by atomic mass is 9.87. The summed E-state index contributed by atoms with van der Waals surface area (Å²) in [6.07, 6.45) is -0.293. The number of benzene rings is 2. The molecule has 0 saturated heterocycles. The molecule has 0 fully saturated rings. The van der Waals surface area contributed by atoms with Gasteiger partial charge >= 0.3 is 5.97 Å². The fourth-order valence-corrected chi connectivity index (χ4v) is 3.03. The third-order valence-corrected chi connectivity index (χ3v) is 4.58. The average molecular weight is 387 g/mol.